The monoisotopic (exact) mass is 187 g/mol. The Morgan fingerprint density at radius 2 is 2.21 bits per heavy atom. The first-order chi connectivity index (χ1) is 6.79. The zero-order valence-corrected chi connectivity index (χ0v) is 7.40. The molecule has 4 nitrogen and oxygen atoms in total. The van der Waals surface area contributed by atoms with Gasteiger partial charge in [-0.15, -0.1) is 0 Å². The van der Waals surface area contributed by atoms with Crippen molar-refractivity contribution in [2.24, 2.45) is 0 Å². The number of pyridine rings is 1. The number of anilines is 1. The van der Waals surface area contributed by atoms with Crippen molar-refractivity contribution in [1.29, 1.82) is 5.41 Å². The summed E-state index contributed by atoms with van der Waals surface area (Å²) in [6.45, 7) is 0. The number of nitrogens with one attached hydrogen (secondary N) is 1. The highest BCUT2D eigenvalue weighted by Gasteiger charge is 2.10. The molecule has 0 atom stereocenters. The van der Waals surface area contributed by atoms with Crippen LogP contribution in [0.4, 0.5) is 5.82 Å². The number of hydrogen-bond donors (Lipinski definition) is 2. The van der Waals surface area contributed by atoms with E-state index < -0.39 is 0 Å². The van der Waals surface area contributed by atoms with Crippen LogP contribution in [-0.2, 0) is 0 Å². The molecule has 0 spiro atoms. The molecule has 70 valence electrons. The number of furan rings is 1. The average molecular weight is 187 g/mol. The van der Waals surface area contributed by atoms with Crippen molar-refractivity contribution in [2.45, 2.75) is 0 Å². The summed E-state index contributed by atoms with van der Waals surface area (Å²) in [5, 5.41) is 7.81. The smallest absolute Gasteiger partial charge is 0.152 e. The Hall–Kier alpha value is -2.10. The molecule has 14 heavy (non-hydrogen) atoms. The molecule has 0 aliphatic carbocycles. The van der Waals surface area contributed by atoms with Gasteiger partial charge >= 0.3 is 0 Å². The number of nitrogens with two attached hydrogens (primary N) is 1. The van der Waals surface area contributed by atoms with E-state index in [1.54, 1.807) is 30.5 Å². The normalized spacial score (nSPS) is 10.0. The van der Waals surface area contributed by atoms with Crippen LogP contribution in [0.1, 0.15) is 11.3 Å². The van der Waals surface area contributed by atoms with Crippen molar-refractivity contribution >= 4 is 11.5 Å². The summed E-state index contributed by atoms with van der Waals surface area (Å²) in [5.41, 5.74) is 6.47. The maximum absolute atomic E-state index is 7.81. The topological polar surface area (TPSA) is 75.9 Å². The fourth-order valence-electron chi connectivity index (χ4n) is 1.18. The first-order valence-electron chi connectivity index (χ1n) is 4.12. The molecule has 3 N–H and O–H groups in total. The second-order valence-electron chi connectivity index (χ2n) is 2.79. The molecular formula is C10H9N3O. The van der Waals surface area contributed by atoms with E-state index in [0.717, 1.165) is 0 Å². The van der Waals surface area contributed by atoms with Gasteiger partial charge in [-0.1, -0.05) is 0 Å². The van der Waals surface area contributed by atoms with Crippen LogP contribution in [0, 0.1) is 5.41 Å². The summed E-state index contributed by atoms with van der Waals surface area (Å²) < 4.78 is 5.10. The second kappa shape index (κ2) is 3.33. The van der Waals surface area contributed by atoms with Gasteiger partial charge in [0, 0.05) is 11.8 Å². The van der Waals surface area contributed by atoms with Crippen LogP contribution < -0.4 is 5.73 Å². The molecule has 0 aliphatic heterocycles. The lowest BCUT2D eigenvalue weighted by Gasteiger charge is -2.02. The lowest BCUT2D eigenvalue weighted by atomic mass is 10.1. The van der Waals surface area contributed by atoms with E-state index in [0.29, 0.717) is 17.1 Å². The van der Waals surface area contributed by atoms with Gasteiger partial charge in [0.05, 0.1) is 6.26 Å². The third kappa shape index (κ3) is 1.37. The minimum Gasteiger partial charge on any atom is -0.463 e. The van der Waals surface area contributed by atoms with E-state index in [1.165, 1.54) is 6.26 Å². The van der Waals surface area contributed by atoms with Crippen LogP contribution in [0.2, 0.25) is 0 Å². The summed E-state index contributed by atoms with van der Waals surface area (Å²) in [4.78, 5) is 3.91. The van der Waals surface area contributed by atoms with Crippen LogP contribution in [0.25, 0.3) is 0 Å². The Bertz CT molecular complexity index is 448. The predicted octanol–water partition coefficient (Wildman–Crippen LogP) is 1.67. The second-order valence-corrected chi connectivity index (χ2v) is 2.79. The summed E-state index contributed by atoms with van der Waals surface area (Å²) >= 11 is 0. The predicted molar refractivity (Wildman–Crippen MR) is 53.3 cm³/mol. The van der Waals surface area contributed by atoms with Crippen molar-refractivity contribution in [2.75, 3.05) is 5.73 Å². The standard InChI is InChI=1S/C10H9N3O/c11-9(8-4-2-6-14-8)7-3-1-5-13-10(7)12/h1-6,11H,(H2,12,13). The van der Waals surface area contributed by atoms with Gasteiger partial charge in [0.1, 0.15) is 11.5 Å². The molecular weight excluding hydrogens is 178 g/mol. The molecule has 0 aromatic carbocycles. The van der Waals surface area contributed by atoms with Crippen molar-refractivity contribution in [1.82, 2.24) is 4.98 Å². The molecule has 0 radical (unpaired) electrons. The maximum Gasteiger partial charge on any atom is 0.152 e. The average Bonchev–Trinajstić information content (AvgIpc) is 2.70. The van der Waals surface area contributed by atoms with Gasteiger partial charge in [0.25, 0.3) is 0 Å². The summed E-state index contributed by atoms with van der Waals surface area (Å²) in [6.07, 6.45) is 3.12. The Balaban J connectivity index is 2.42. The number of nitrogens with zero attached hydrogens (tertiary/aromatic N) is 1. The van der Waals surface area contributed by atoms with Gasteiger partial charge in [0.2, 0.25) is 0 Å². The molecule has 0 saturated heterocycles. The first-order valence-corrected chi connectivity index (χ1v) is 4.12. The first kappa shape index (κ1) is 8.50. The van der Waals surface area contributed by atoms with Crippen molar-refractivity contribution in [3.05, 3.63) is 48.0 Å². The highest BCUT2D eigenvalue weighted by molar-refractivity contribution is 6.11. The number of aromatic nitrogens is 1. The van der Waals surface area contributed by atoms with E-state index in [2.05, 4.69) is 4.98 Å². The Labute approximate surface area is 80.9 Å². The fraction of sp³-hybridized carbons (Fsp3) is 0. The minimum absolute atomic E-state index is 0.251. The van der Waals surface area contributed by atoms with Crippen LogP contribution >= 0.6 is 0 Å². The molecule has 2 rings (SSSR count). The van der Waals surface area contributed by atoms with Crippen molar-refractivity contribution in [3.8, 4) is 0 Å². The van der Waals surface area contributed by atoms with Gasteiger partial charge in [-0.05, 0) is 24.3 Å². The van der Waals surface area contributed by atoms with E-state index in [9.17, 15) is 0 Å². The maximum atomic E-state index is 7.81. The van der Waals surface area contributed by atoms with Gasteiger partial charge in [0.15, 0.2) is 5.76 Å². The SMILES string of the molecule is N=C(c1ccco1)c1cccnc1N. The lowest BCUT2D eigenvalue weighted by molar-refractivity contribution is 0.557. The Kier molecular flexibility index (Phi) is 2.02. The van der Waals surface area contributed by atoms with Crippen LogP contribution in [0.5, 0.6) is 0 Å². The quantitative estimate of drug-likeness (QED) is 0.702. The van der Waals surface area contributed by atoms with Gasteiger partial charge < -0.3 is 10.2 Å². The summed E-state index contributed by atoms with van der Waals surface area (Å²) in [6, 6.07) is 6.93. The zero-order valence-electron chi connectivity index (χ0n) is 7.40. The summed E-state index contributed by atoms with van der Waals surface area (Å²) in [7, 11) is 0. The third-order valence-electron chi connectivity index (χ3n) is 1.88. The third-order valence-corrected chi connectivity index (χ3v) is 1.88. The molecule has 2 aromatic rings. The van der Waals surface area contributed by atoms with Crippen molar-refractivity contribution < 1.29 is 4.42 Å². The van der Waals surface area contributed by atoms with E-state index in [4.69, 9.17) is 15.6 Å². The van der Waals surface area contributed by atoms with Gasteiger partial charge in [-0.25, -0.2) is 4.98 Å². The molecule has 0 aliphatic rings. The largest absolute Gasteiger partial charge is 0.463 e. The fourth-order valence-corrected chi connectivity index (χ4v) is 1.18. The highest BCUT2D eigenvalue weighted by Crippen LogP contribution is 2.13. The molecule has 0 amide bonds. The van der Waals surface area contributed by atoms with Crippen LogP contribution in [0.15, 0.2) is 41.1 Å². The van der Waals surface area contributed by atoms with E-state index in [1.807, 2.05) is 0 Å². The Morgan fingerprint density at radius 3 is 2.86 bits per heavy atom. The molecule has 2 aromatic heterocycles. The van der Waals surface area contributed by atoms with Crippen LogP contribution in [-0.4, -0.2) is 10.7 Å². The van der Waals surface area contributed by atoms with Crippen molar-refractivity contribution in [3.63, 3.8) is 0 Å². The van der Waals surface area contributed by atoms with Gasteiger partial charge in [-0.3, -0.25) is 5.41 Å². The molecule has 4 heteroatoms. The van der Waals surface area contributed by atoms with E-state index >= 15 is 0 Å². The molecule has 0 bridgehead atoms. The zero-order chi connectivity index (χ0) is 9.97. The molecule has 0 unspecified atom stereocenters. The minimum atomic E-state index is 0.251. The number of rotatable bonds is 2. The number of hydrogen-bond acceptors (Lipinski definition) is 4. The van der Waals surface area contributed by atoms with Crippen LogP contribution in [0.3, 0.4) is 0 Å². The lowest BCUT2D eigenvalue weighted by Crippen LogP contribution is -2.05. The molecule has 0 saturated carbocycles. The Morgan fingerprint density at radius 1 is 1.36 bits per heavy atom. The van der Waals surface area contributed by atoms with E-state index in [-0.39, 0.29) is 5.71 Å². The number of nitrogen functional groups attached to an aromatic ring is 1. The summed E-state index contributed by atoms with van der Waals surface area (Å²) in [5.74, 6) is 0.832. The highest BCUT2D eigenvalue weighted by atomic mass is 16.3. The molecule has 0 fully saturated rings. The van der Waals surface area contributed by atoms with Gasteiger partial charge in [-0.2, -0.15) is 0 Å². The molecule has 2 heterocycles.